The van der Waals surface area contributed by atoms with Gasteiger partial charge in [-0.25, -0.2) is 4.79 Å². The van der Waals surface area contributed by atoms with E-state index in [0.29, 0.717) is 22.3 Å². The predicted octanol–water partition coefficient (Wildman–Crippen LogP) is 5.17. The van der Waals surface area contributed by atoms with Gasteiger partial charge in [0.05, 0.1) is 11.8 Å². The van der Waals surface area contributed by atoms with E-state index in [1.807, 2.05) is 0 Å². The Morgan fingerprint density at radius 1 is 1.36 bits per heavy atom. The summed E-state index contributed by atoms with van der Waals surface area (Å²) < 4.78 is 4.89. The molecule has 3 aliphatic rings. The Morgan fingerprint density at radius 2 is 2.14 bits per heavy atom. The zero-order valence-corrected chi connectivity index (χ0v) is 14.2. The van der Waals surface area contributed by atoms with E-state index in [-0.39, 0.29) is 5.97 Å². The van der Waals surface area contributed by atoms with Crippen molar-refractivity contribution in [2.24, 2.45) is 22.7 Å². The summed E-state index contributed by atoms with van der Waals surface area (Å²) in [5.74, 6) is 1.03. The van der Waals surface area contributed by atoms with Gasteiger partial charge in [-0.2, -0.15) is 0 Å². The van der Waals surface area contributed by atoms with Crippen molar-refractivity contribution in [2.45, 2.75) is 59.3 Å². The molecule has 2 aliphatic carbocycles. The van der Waals surface area contributed by atoms with E-state index in [1.165, 1.54) is 37.5 Å². The molecule has 0 spiro atoms. The molecule has 0 N–H and O–H groups in total. The number of rotatable bonds is 2. The highest BCUT2D eigenvalue weighted by Crippen LogP contribution is 2.61. The number of ether oxygens (including phenoxy) is 1. The van der Waals surface area contributed by atoms with Crippen molar-refractivity contribution < 1.29 is 9.53 Å². The molecule has 22 heavy (non-hydrogen) atoms. The van der Waals surface area contributed by atoms with Crippen LogP contribution in [0.2, 0.25) is 0 Å². The molecule has 0 saturated heterocycles. The van der Waals surface area contributed by atoms with Crippen LogP contribution in [-0.4, -0.2) is 5.97 Å². The molecule has 2 heteroatoms. The van der Waals surface area contributed by atoms with Crippen LogP contribution < -0.4 is 0 Å². The second-order valence-corrected chi connectivity index (χ2v) is 8.25. The van der Waals surface area contributed by atoms with Crippen molar-refractivity contribution in [3.05, 3.63) is 36.1 Å². The average Bonchev–Trinajstić information content (AvgIpc) is 2.82. The quantitative estimate of drug-likeness (QED) is 0.399. The Morgan fingerprint density at radius 3 is 2.82 bits per heavy atom. The highest BCUT2D eigenvalue weighted by Gasteiger charge is 2.52. The first-order chi connectivity index (χ1) is 10.3. The van der Waals surface area contributed by atoms with Crippen LogP contribution in [0.25, 0.3) is 0 Å². The van der Waals surface area contributed by atoms with Gasteiger partial charge < -0.3 is 4.74 Å². The molecule has 0 radical (unpaired) electrons. The van der Waals surface area contributed by atoms with Gasteiger partial charge in [-0.3, -0.25) is 0 Å². The smallest absolute Gasteiger partial charge is 0.342 e. The van der Waals surface area contributed by atoms with Gasteiger partial charge in [0.2, 0.25) is 0 Å². The van der Waals surface area contributed by atoms with E-state index < -0.39 is 0 Å². The Bertz CT molecular complexity index is 552. The summed E-state index contributed by atoms with van der Waals surface area (Å²) in [6.45, 7) is 11.7. The summed E-state index contributed by atoms with van der Waals surface area (Å²) in [4.78, 5) is 11.6. The van der Waals surface area contributed by atoms with Crippen molar-refractivity contribution in [2.75, 3.05) is 0 Å². The zero-order chi connectivity index (χ0) is 16.0. The number of esters is 1. The van der Waals surface area contributed by atoms with E-state index in [2.05, 4.69) is 33.4 Å². The maximum atomic E-state index is 11.6. The monoisotopic (exact) mass is 300 g/mol. The lowest BCUT2D eigenvalue weighted by molar-refractivity contribution is -0.132. The maximum absolute atomic E-state index is 11.6. The third kappa shape index (κ3) is 2.47. The summed E-state index contributed by atoms with van der Waals surface area (Å²) in [6.07, 6.45) is 12.6. The largest absolute Gasteiger partial charge is 0.431 e. The van der Waals surface area contributed by atoms with Gasteiger partial charge in [-0.1, -0.05) is 45.4 Å². The number of allylic oxidation sites excluding steroid dienone is 2. The van der Waals surface area contributed by atoms with E-state index >= 15 is 0 Å². The van der Waals surface area contributed by atoms with Crippen LogP contribution >= 0.6 is 0 Å². The lowest BCUT2D eigenvalue weighted by atomic mass is 9.47. The van der Waals surface area contributed by atoms with Crippen LogP contribution in [0, 0.1) is 22.7 Å². The summed E-state index contributed by atoms with van der Waals surface area (Å²) >= 11 is 0. The van der Waals surface area contributed by atoms with Crippen LogP contribution in [0.4, 0.5) is 0 Å². The summed E-state index contributed by atoms with van der Waals surface area (Å²) in [5, 5.41) is 0. The third-order valence-electron chi connectivity index (χ3n) is 6.55. The molecule has 0 aromatic carbocycles. The minimum Gasteiger partial charge on any atom is -0.431 e. The number of fused-ring (bicyclic) bond motifs is 1. The van der Waals surface area contributed by atoms with E-state index in [0.717, 1.165) is 18.8 Å². The fourth-order valence-electron chi connectivity index (χ4n) is 5.41. The predicted molar refractivity (Wildman–Crippen MR) is 89.0 cm³/mol. The van der Waals surface area contributed by atoms with E-state index in [4.69, 9.17) is 4.74 Å². The molecular weight excluding hydrogens is 272 g/mol. The van der Waals surface area contributed by atoms with Crippen molar-refractivity contribution in [3.8, 4) is 0 Å². The van der Waals surface area contributed by atoms with Crippen LogP contribution in [0.15, 0.2) is 36.1 Å². The molecule has 2 fully saturated rings. The molecule has 3 atom stereocenters. The normalized spacial score (nSPS) is 39.0. The minimum absolute atomic E-state index is 0.216. The lowest BCUT2D eigenvalue weighted by Crippen LogP contribution is -2.49. The van der Waals surface area contributed by atoms with Gasteiger partial charge in [-0.15, -0.1) is 0 Å². The van der Waals surface area contributed by atoms with Crippen molar-refractivity contribution in [1.82, 2.24) is 0 Å². The molecule has 1 heterocycles. The highest BCUT2D eigenvalue weighted by molar-refractivity contribution is 5.94. The summed E-state index contributed by atoms with van der Waals surface area (Å²) in [5.41, 5.74) is 2.82. The molecule has 1 aliphatic heterocycles. The second kappa shape index (κ2) is 5.40. The zero-order valence-electron chi connectivity index (χ0n) is 14.2. The molecule has 0 aromatic rings. The number of hydrogen-bond acceptors (Lipinski definition) is 2. The molecule has 120 valence electrons. The summed E-state index contributed by atoms with van der Waals surface area (Å²) in [7, 11) is 0. The maximum Gasteiger partial charge on any atom is 0.342 e. The van der Waals surface area contributed by atoms with Gasteiger partial charge >= 0.3 is 5.97 Å². The van der Waals surface area contributed by atoms with Crippen molar-refractivity contribution in [3.63, 3.8) is 0 Å². The SMILES string of the molecule is C=C1CC[C@H]2C(C)(C)CCC[C@]2(C)[C@H]1C/C=C1\C=COC1=O. The lowest BCUT2D eigenvalue weighted by Gasteiger charge is -2.58. The first-order valence-electron chi connectivity index (χ1n) is 8.60. The minimum atomic E-state index is -0.216. The second-order valence-electron chi connectivity index (χ2n) is 8.25. The fraction of sp³-hybridized carbons (Fsp3) is 0.650. The van der Waals surface area contributed by atoms with Crippen LogP contribution in [0.3, 0.4) is 0 Å². The fourth-order valence-corrected chi connectivity index (χ4v) is 5.41. The van der Waals surface area contributed by atoms with E-state index in [1.54, 1.807) is 6.08 Å². The van der Waals surface area contributed by atoms with Crippen molar-refractivity contribution >= 4 is 5.97 Å². The first kappa shape index (κ1) is 15.6. The van der Waals surface area contributed by atoms with Crippen LogP contribution in [0.5, 0.6) is 0 Å². The van der Waals surface area contributed by atoms with Crippen LogP contribution in [0.1, 0.15) is 59.3 Å². The first-order valence-corrected chi connectivity index (χ1v) is 8.60. The Kier molecular flexibility index (Phi) is 3.82. The molecule has 0 unspecified atom stereocenters. The molecule has 2 saturated carbocycles. The number of cyclic esters (lactones) is 1. The van der Waals surface area contributed by atoms with Gasteiger partial charge in [-0.05, 0) is 60.8 Å². The molecule has 0 amide bonds. The molecule has 3 rings (SSSR count). The standard InChI is InChI=1S/C20H28O2/c1-14-6-9-17-19(2,3)11-5-12-20(17,4)16(14)8-7-15-10-13-22-18(15)21/h7,10,13,16-17H,1,5-6,8-9,11-12H2,2-4H3/b15-7+/t16-,17-,20+/m0/s1. The Labute approximate surface area is 134 Å². The van der Waals surface area contributed by atoms with Crippen LogP contribution in [-0.2, 0) is 9.53 Å². The van der Waals surface area contributed by atoms with Gasteiger partial charge in [0.25, 0.3) is 0 Å². The number of carbonyl (C=O) groups is 1. The Balaban J connectivity index is 1.86. The third-order valence-corrected chi connectivity index (χ3v) is 6.55. The topological polar surface area (TPSA) is 26.3 Å². The Hall–Kier alpha value is -1.31. The number of carbonyl (C=O) groups excluding carboxylic acids is 1. The summed E-state index contributed by atoms with van der Waals surface area (Å²) in [6, 6.07) is 0. The van der Waals surface area contributed by atoms with Gasteiger partial charge in [0, 0.05) is 0 Å². The average molecular weight is 300 g/mol. The molecule has 0 aromatic heterocycles. The van der Waals surface area contributed by atoms with Gasteiger partial charge in [0.1, 0.15) is 0 Å². The molecule has 2 nitrogen and oxygen atoms in total. The number of hydrogen-bond donors (Lipinski definition) is 0. The van der Waals surface area contributed by atoms with Gasteiger partial charge in [0.15, 0.2) is 0 Å². The highest BCUT2D eigenvalue weighted by atomic mass is 16.5. The van der Waals surface area contributed by atoms with E-state index in [9.17, 15) is 4.79 Å². The molecular formula is C20H28O2. The van der Waals surface area contributed by atoms with Crippen molar-refractivity contribution in [1.29, 1.82) is 0 Å². The molecule has 0 bridgehead atoms.